The maximum absolute atomic E-state index is 13.0. The monoisotopic (exact) mass is 447 g/mol. The Morgan fingerprint density at radius 2 is 1.93 bits per heavy atom. The lowest BCUT2D eigenvalue weighted by atomic mass is 10.1. The maximum atomic E-state index is 13.0. The summed E-state index contributed by atoms with van der Waals surface area (Å²) in [5, 5.41) is 13.1. The molecular formula is C20H19Cl2N5O3. The molecule has 0 amide bonds. The second-order valence-electron chi connectivity index (χ2n) is 7.79. The van der Waals surface area contributed by atoms with Gasteiger partial charge in [0.15, 0.2) is 5.69 Å². The Labute approximate surface area is 181 Å². The summed E-state index contributed by atoms with van der Waals surface area (Å²) >= 11 is 12.0. The van der Waals surface area contributed by atoms with Crippen LogP contribution in [0.25, 0.3) is 10.9 Å². The summed E-state index contributed by atoms with van der Waals surface area (Å²) in [6.45, 7) is 3.86. The molecule has 0 spiro atoms. The molecule has 10 heteroatoms. The summed E-state index contributed by atoms with van der Waals surface area (Å²) in [6.07, 6.45) is 1.92. The minimum Gasteiger partial charge on any atom is -0.476 e. The molecule has 1 aliphatic rings. The number of nitrogens with zero attached hydrogens (tertiary/aromatic N) is 4. The lowest BCUT2D eigenvalue weighted by Crippen LogP contribution is -2.27. The second-order valence-corrected chi connectivity index (χ2v) is 8.56. The standard InChI is InChI=1S/C20H19Cl2N5O3/c1-9(23-11-4-5-12(21)24-16(11)18(29)30)14-15-10(8-13(22)25-14)17(28)27(3)19(26-15)20(2)6-7-20/h4-5,8-9,23H,6-7H2,1-3H3,(H,29,30)/t9-/m1/s1. The summed E-state index contributed by atoms with van der Waals surface area (Å²) in [5.41, 5.74) is 0.631. The van der Waals surface area contributed by atoms with Crippen LogP contribution in [0.4, 0.5) is 5.69 Å². The van der Waals surface area contributed by atoms with Gasteiger partial charge in [-0.3, -0.25) is 9.36 Å². The molecule has 1 saturated carbocycles. The van der Waals surface area contributed by atoms with Gasteiger partial charge in [0.05, 0.1) is 22.8 Å². The third-order valence-electron chi connectivity index (χ3n) is 5.44. The van der Waals surface area contributed by atoms with Crippen LogP contribution < -0.4 is 10.9 Å². The van der Waals surface area contributed by atoms with E-state index in [9.17, 15) is 14.7 Å². The molecule has 3 aromatic rings. The molecule has 30 heavy (non-hydrogen) atoms. The zero-order chi connectivity index (χ0) is 21.8. The van der Waals surface area contributed by atoms with Gasteiger partial charge < -0.3 is 10.4 Å². The Kier molecular flexibility index (Phi) is 4.94. The van der Waals surface area contributed by atoms with E-state index in [1.165, 1.54) is 18.2 Å². The van der Waals surface area contributed by atoms with E-state index in [0.29, 0.717) is 22.4 Å². The van der Waals surface area contributed by atoms with Crippen LogP contribution in [0.15, 0.2) is 23.0 Å². The quantitative estimate of drug-likeness (QED) is 0.569. The number of halogens is 2. The maximum Gasteiger partial charge on any atom is 0.356 e. The highest BCUT2D eigenvalue weighted by molar-refractivity contribution is 6.30. The van der Waals surface area contributed by atoms with Crippen molar-refractivity contribution in [3.63, 3.8) is 0 Å². The fourth-order valence-corrected chi connectivity index (χ4v) is 3.88. The van der Waals surface area contributed by atoms with Crippen molar-refractivity contribution in [2.45, 2.75) is 38.1 Å². The van der Waals surface area contributed by atoms with E-state index in [1.54, 1.807) is 18.5 Å². The number of hydrogen-bond acceptors (Lipinski definition) is 6. The first-order valence-electron chi connectivity index (χ1n) is 9.35. The van der Waals surface area contributed by atoms with Crippen molar-refractivity contribution in [1.29, 1.82) is 0 Å². The molecule has 0 bridgehead atoms. The number of carboxylic acids is 1. The molecule has 0 radical (unpaired) electrons. The van der Waals surface area contributed by atoms with E-state index >= 15 is 0 Å². The van der Waals surface area contributed by atoms with Gasteiger partial charge in [-0.05, 0) is 38.0 Å². The Hall–Kier alpha value is -2.71. The molecule has 0 saturated heterocycles. The first kappa shape index (κ1) is 20.6. The van der Waals surface area contributed by atoms with Crippen molar-refractivity contribution in [2.75, 3.05) is 5.32 Å². The number of fused-ring (bicyclic) bond motifs is 1. The predicted octanol–water partition coefficient (Wildman–Crippen LogP) is 3.95. The van der Waals surface area contributed by atoms with E-state index in [-0.39, 0.29) is 32.7 Å². The summed E-state index contributed by atoms with van der Waals surface area (Å²) in [5.74, 6) is -0.510. The van der Waals surface area contributed by atoms with Gasteiger partial charge in [-0.15, -0.1) is 0 Å². The lowest BCUT2D eigenvalue weighted by Gasteiger charge is -2.20. The number of nitrogens with one attached hydrogen (secondary N) is 1. The third-order valence-corrected chi connectivity index (χ3v) is 5.85. The van der Waals surface area contributed by atoms with Gasteiger partial charge in [0.25, 0.3) is 5.56 Å². The highest BCUT2D eigenvalue weighted by atomic mass is 35.5. The first-order chi connectivity index (χ1) is 14.1. The number of carboxylic acid groups (broad SMARTS) is 1. The van der Waals surface area contributed by atoms with Gasteiger partial charge in [0, 0.05) is 12.5 Å². The minimum atomic E-state index is -1.22. The van der Waals surface area contributed by atoms with Crippen molar-refractivity contribution in [2.24, 2.45) is 7.05 Å². The summed E-state index contributed by atoms with van der Waals surface area (Å²) in [4.78, 5) is 37.6. The number of aromatic carboxylic acids is 1. The van der Waals surface area contributed by atoms with E-state index in [0.717, 1.165) is 12.8 Å². The molecule has 2 N–H and O–H groups in total. The molecule has 1 aliphatic carbocycles. The van der Waals surface area contributed by atoms with E-state index in [4.69, 9.17) is 28.2 Å². The van der Waals surface area contributed by atoms with E-state index in [1.807, 2.05) is 0 Å². The molecule has 8 nitrogen and oxygen atoms in total. The van der Waals surface area contributed by atoms with Gasteiger partial charge in [-0.1, -0.05) is 30.1 Å². The van der Waals surface area contributed by atoms with Crippen LogP contribution in [-0.4, -0.2) is 30.6 Å². The number of carbonyl (C=O) groups is 1. The third kappa shape index (κ3) is 3.50. The fraction of sp³-hybridized carbons (Fsp3) is 0.350. The number of hydrogen-bond donors (Lipinski definition) is 2. The van der Waals surface area contributed by atoms with Crippen LogP contribution >= 0.6 is 23.2 Å². The van der Waals surface area contributed by atoms with Crippen LogP contribution in [0.2, 0.25) is 10.3 Å². The summed E-state index contributed by atoms with van der Waals surface area (Å²) in [7, 11) is 1.71. The number of aromatic nitrogens is 4. The molecule has 0 unspecified atom stereocenters. The van der Waals surface area contributed by atoms with Crippen LogP contribution in [0, 0.1) is 0 Å². The van der Waals surface area contributed by atoms with Gasteiger partial charge in [0.1, 0.15) is 21.6 Å². The average molecular weight is 448 g/mol. The first-order valence-corrected chi connectivity index (χ1v) is 10.1. The Morgan fingerprint density at radius 3 is 2.57 bits per heavy atom. The van der Waals surface area contributed by atoms with E-state index < -0.39 is 12.0 Å². The van der Waals surface area contributed by atoms with Gasteiger partial charge in [-0.25, -0.2) is 19.7 Å². The highest BCUT2D eigenvalue weighted by Gasteiger charge is 2.43. The number of pyridine rings is 2. The minimum absolute atomic E-state index is 0.0735. The molecular weight excluding hydrogens is 429 g/mol. The zero-order valence-corrected chi connectivity index (χ0v) is 18.0. The van der Waals surface area contributed by atoms with Crippen LogP contribution in [0.3, 0.4) is 0 Å². The smallest absolute Gasteiger partial charge is 0.356 e. The van der Waals surface area contributed by atoms with Crippen LogP contribution in [0.5, 0.6) is 0 Å². The molecule has 3 heterocycles. The molecule has 4 rings (SSSR count). The zero-order valence-electron chi connectivity index (χ0n) is 16.5. The molecule has 1 fully saturated rings. The van der Waals surface area contributed by atoms with Gasteiger partial charge >= 0.3 is 5.97 Å². The Bertz CT molecular complexity index is 1250. The van der Waals surface area contributed by atoms with Crippen LogP contribution in [-0.2, 0) is 12.5 Å². The Morgan fingerprint density at radius 1 is 1.23 bits per heavy atom. The topological polar surface area (TPSA) is 110 Å². The largest absolute Gasteiger partial charge is 0.476 e. The van der Waals surface area contributed by atoms with Gasteiger partial charge in [-0.2, -0.15) is 0 Å². The van der Waals surface area contributed by atoms with E-state index in [2.05, 4.69) is 22.2 Å². The van der Waals surface area contributed by atoms with Crippen LogP contribution in [0.1, 0.15) is 54.7 Å². The second kappa shape index (κ2) is 7.21. The van der Waals surface area contributed by atoms with Crippen molar-refractivity contribution in [3.05, 3.63) is 56.1 Å². The molecule has 3 aromatic heterocycles. The van der Waals surface area contributed by atoms with Crippen molar-refractivity contribution >= 4 is 45.8 Å². The summed E-state index contributed by atoms with van der Waals surface area (Å²) in [6, 6.07) is 4.03. The van der Waals surface area contributed by atoms with Gasteiger partial charge in [0.2, 0.25) is 0 Å². The molecule has 0 aromatic carbocycles. The number of anilines is 1. The molecule has 1 atom stereocenters. The van der Waals surface area contributed by atoms with Crippen molar-refractivity contribution < 1.29 is 9.90 Å². The summed E-state index contributed by atoms with van der Waals surface area (Å²) < 4.78 is 1.57. The predicted molar refractivity (Wildman–Crippen MR) is 115 cm³/mol. The van der Waals surface area contributed by atoms with Crippen molar-refractivity contribution in [3.8, 4) is 0 Å². The highest BCUT2D eigenvalue weighted by Crippen LogP contribution is 2.46. The number of rotatable bonds is 5. The Balaban J connectivity index is 1.86. The normalized spacial score (nSPS) is 15.8. The SMILES string of the molecule is C[C@@H](Nc1ccc(Cl)nc1C(=O)O)c1nc(Cl)cc2c(=O)n(C)c(C3(C)CC3)nc12. The molecule has 156 valence electrons. The van der Waals surface area contributed by atoms with Crippen molar-refractivity contribution in [1.82, 2.24) is 19.5 Å². The average Bonchev–Trinajstić information content (AvgIpc) is 3.43. The fourth-order valence-electron chi connectivity index (χ4n) is 3.53. The lowest BCUT2D eigenvalue weighted by molar-refractivity contribution is 0.0691. The molecule has 0 aliphatic heterocycles.